The van der Waals surface area contributed by atoms with Crippen molar-refractivity contribution in [2.24, 2.45) is 0 Å². The lowest BCUT2D eigenvalue weighted by Crippen LogP contribution is -2.60. The van der Waals surface area contributed by atoms with Crippen LogP contribution < -0.4 is 30.4 Å². The average molecular weight is 960 g/mol. The van der Waals surface area contributed by atoms with Crippen LogP contribution in [-0.2, 0) is 16.2 Å². The lowest BCUT2D eigenvalue weighted by Gasteiger charge is -2.44. The van der Waals surface area contributed by atoms with E-state index in [1.807, 2.05) is 22.7 Å². The minimum Gasteiger partial charge on any atom is -0.310 e. The fourth-order valence-electron chi connectivity index (χ4n) is 11.2. The summed E-state index contributed by atoms with van der Waals surface area (Å²) in [6.07, 6.45) is 0. The zero-order chi connectivity index (χ0) is 49.5. The molecular formula is C65H62BN3S2. The second-order valence-corrected chi connectivity index (χ2v) is 25.5. The van der Waals surface area contributed by atoms with Crippen molar-refractivity contribution in [3.63, 3.8) is 0 Å². The second-order valence-electron chi connectivity index (χ2n) is 23.3. The molecule has 0 bridgehead atoms. The maximum absolute atomic E-state index is 2.64. The lowest BCUT2D eigenvalue weighted by atomic mass is 9.36. The maximum atomic E-state index is 2.64. The van der Waals surface area contributed by atoms with E-state index in [4.69, 9.17) is 0 Å². The Hall–Kier alpha value is -6.60. The predicted molar refractivity (Wildman–Crippen MR) is 314 cm³/mol. The first kappa shape index (κ1) is 45.5. The van der Waals surface area contributed by atoms with Crippen LogP contribution in [0.3, 0.4) is 0 Å². The van der Waals surface area contributed by atoms with Gasteiger partial charge in [-0.25, -0.2) is 0 Å². The molecule has 6 heteroatoms. The normalized spacial score (nSPS) is 13.5. The van der Waals surface area contributed by atoms with Gasteiger partial charge in [0.2, 0.25) is 0 Å². The van der Waals surface area contributed by atoms with Crippen molar-refractivity contribution in [2.45, 2.75) is 99.3 Å². The van der Waals surface area contributed by atoms with Crippen molar-refractivity contribution in [2.75, 3.05) is 14.7 Å². The number of anilines is 9. The molecule has 0 saturated carbocycles. The van der Waals surface area contributed by atoms with Gasteiger partial charge in [-0.1, -0.05) is 146 Å². The summed E-state index contributed by atoms with van der Waals surface area (Å²) in [7, 11) is 0. The summed E-state index contributed by atoms with van der Waals surface area (Å²) in [4.78, 5) is 7.80. The molecule has 8 aromatic carbocycles. The Morgan fingerprint density at radius 2 is 0.944 bits per heavy atom. The predicted octanol–water partition coefficient (Wildman–Crippen LogP) is 17.6. The summed E-state index contributed by atoms with van der Waals surface area (Å²) in [5, 5.41) is 3.87. The molecule has 10 aromatic rings. The van der Waals surface area contributed by atoms with Crippen molar-refractivity contribution < 1.29 is 0 Å². The number of fused-ring (bicyclic) bond motifs is 10. The summed E-state index contributed by atoms with van der Waals surface area (Å²) in [5.74, 6) is 0. The van der Waals surface area contributed by atoms with Crippen LogP contribution in [0, 0.1) is 20.8 Å². The highest BCUT2D eigenvalue weighted by Crippen LogP contribution is 2.54. The molecule has 0 atom stereocenters. The maximum Gasteiger partial charge on any atom is 0.264 e. The summed E-state index contributed by atoms with van der Waals surface area (Å²) in [6.45, 7) is 27.5. The van der Waals surface area contributed by atoms with Gasteiger partial charge in [0.15, 0.2) is 0 Å². The first-order chi connectivity index (χ1) is 33.8. The van der Waals surface area contributed by atoms with Crippen LogP contribution >= 0.6 is 22.7 Å². The molecule has 71 heavy (non-hydrogen) atoms. The van der Waals surface area contributed by atoms with Gasteiger partial charge >= 0.3 is 0 Å². The van der Waals surface area contributed by atoms with E-state index in [9.17, 15) is 0 Å². The number of aryl methyl sites for hydroxylation is 3. The van der Waals surface area contributed by atoms with Crippen LogP contribution in [0.15, 0.2) is 158 Å². The average Bonchev–Trinajstić information content (AvgIpc) is 3.91. The van der Waals surface area contributed by atoms with Gasteiger partial charge < -0.3 is 14.7 Å². The zero-order valence-electron chi connectivity index (χ0n) is 43.2. The van der Waals surface area contributed by atoms with E-state index in [0.717, 1.165) is 11.4 Å². The number of rotatable bonds is 5. The Bertz CT molecular complexity index is 3680. The van der Waals surface area contributed by atoms with E-state index < -0.39 is 0 Å². The number of hydrogen-bond donors (Lipinski definition) is 0. The molecule has 0 aliphatic carbocycles. The largest absolute Gasteiger partial charge is 0.310 e. The first-order valence-electron chi connectivity index (χ1n) is 25.3. The van der Waals surface area contributed by atoms with Crippen LogP contribution in [0.5, 0.6) is 0 Å². The number of hydrogen-bond acceptors (Lipinski definition) is 5. The highest BCUT2D eigenvalue weighted by molar-refractivity contribution is 7.34. The Morgan fingerprint density at radius 1 is 0.451 bits per heavy atom. The van der Waals surface area contributed by atoms with Gasteiger partial charge in [-0.3, -0.25) is 0 Å². The summed E-state index contributed by atoms with van der Waals surface area (Å²) < 4.78 is 5.29. The lowest BCUT2D eigenvalue weighted by molar-refractivity contribution is 0.590. The SMILES string of the molecule is Cc1ccc(N(c2ccc(C)cc2)c2cc3c(c4sc5ccccc5c24)N(c2ccc(C(C)(C)C)cc2)c2cc(C)cc4c2B3c2sc3ccc(C(C)(C)C)cc3c2N4c2ccc(C(C)(C)C)cc2)cc1. The molecule has 3 nitrogen and oxygen atoms in total. The molecule has 4 heterocycles. The van der Waals surface area contributed by atoms with Crippen LogP contribution in [-0.4, -0.2) is 6.71 Å². The van der Waals surface area contributed by atoms with E-state index in [1.54, 1.807) is 0 Å². The van der Waals surface area contributed by atoms with Gasteiger partial charge in [-0.15, -0.1) is 22.7 Å². The van der Waals surface area contributed by atoms with E-state index >= 15 is 0 Å². The second kappa shape index (κ2) is 16.2. The Morgan fingerprint density at radius 3 is 1.48 bits per heavy atom. The molecule has 2 aliphatic heterocycles. The molecule has 0 fully saturated rings. The monoisotopic (exact) mass is 959 g/mol. The smallest absolute Gasteiger partial charge is 0.264 e. The van der Waals surface area contributed by atoms with Crippen molar-refractivity contribution in [3.05, 3.63) is 191 Å². The first-order valence-corrected chi connectivity index (χ1v) is 26.9. The fourth-order valence-corrected chi connectivity index (χ4v) is 13.7. The van der Waals surface area contributed by atoms with Crippen molar-refractivity contribution in [1.82, 2.24) is 0 Å². The van der Waals surface area contributed by atoms with Crippen molar-refractivity contribution >= 4 is 127 Å². The third-order valence-corrected chi connectivity index (χ3v) is 17.5. The molecule has 0 radical (unpaired) electrons. The molecule has 0 amide bonds. The highest BCUT2D eigenvalue weighted by Gasteiger charge is 2.47. The van der Waals surface area contributed by atoms with Crippen LogP contribution in [0.1, 0.15) is 95.7 Å². The molecule has 0 N–H and O–H groups in total. The summed E-state index contributed by atoms with van der Waals surface area (Å²) in [6, 6.07) is 61.0. The highest BCUT2D eigenvalue weighted by atomic mass is 32.1. The fraction of sp³-hybridized carbons (Fsp3) is 0.231. The number of nitrogens with zero attached hydrogens (tertiary/aromatic N) is 3. The molecule has 0 spiro atoms. The van der Waals surface area contributed by atoms with E-state index in [-0.39, 0.29) is 23.0 Å². The quantitative estimate of drug-likeness (QED) is 0.159. The molecular weight excluding hydrogens is 898 g/mol. The van der Waals surface area contributed by atoms with Crippen LogP contribution in [0.25, 0.3) is 30.3 Å². The third kappa shape index (κ3) is 7.43. The molecule has 352 valence electrons. The number of thiophene rings is 2. The molecule has 0 unspecified atom stereocenters. The molecule has 12 rings (SSSR count). The Labute approximate surface area is 429 Å². The molecule has 2 aliphatic rings. The van der Waals surface area contributed by atoms with Gasteiger partial charge in [0.1, 0.15) is 0 Å². The van der Waals surface area contributed by atoms with Crippen LogP contribution in [0.4, 0.5) is 51.2 Å². The van der Waals surface area contributed by atoms with Crippen molar-refractivity contribution in [3.8, 4) is 0 Å². The third-order valence-electron chi connectivity index (χ3n) is 15.1. The summed E-state index contributed by atoms with van der Waals surface area (Å²) >= 11 is 3.92. The summed E-state index contributed by atoms with van der Waals surface area (Å²) in [5.41, 5.74) is 21.3. The van der Waals surface area contributed by atoms with Gasteiger partial charge in [0.25, 0.3) is 6.71 Å². The molecule has 0 saturated heterocycles. The van der Waals surface area contributed by atoms with Crippen LogP contribution in [0.2, 0.25) is 0 Å². The zero-order valence-corrected chi connectivity index (χ0v) is 44.9. The standard InChI is InChI=1S/C65H62BN3S2/c1-39-17-26-45(27-18-39)67(46-28-19-40(2)20-29-46)52-38-51-60(61-57(52)49-15-13-14-16-55(49)70-61)69(48-32-23-43(24-33-48)64(7,8)9)54-36-41(3)35-53-58(54)66(51)62-59(50-37-44(65(10,11)12)25-34-56(50)71-62)68(53)47-30-21-42(22-31-47)63(4,5)6/h13-38H,1-12H3. The van der Waals surface area contributed by atoms with Crippen molar-refractivity contribution in [1.29, 1.82) is 0 Å². The molecule has 2 aromatic heterocycles. The van der Waals surface area contributed by atoms with E-state index in [0.29, 0.717) is 0 Å². The van der Waals surface area contributed by atoms with Gasteiger partial charge in [0, 0.05) is 64.5 Å². The van der Waals surface area contributed by atoms with Gasteiger partial charge in [0.05, 0.1) is 21.8 Å². The topological polar surface area (TPSA) is 9.72 Å². The Balaban J connectivity index is 1.25. The van der Waals surface area contributed by atoms with Gasteiger partial charge in [-0.05, 0) is 155 Å². The van der Waals surface area contributed by atoms with E-state index in [2.05, 4.69) is 256 Å². The van der Waals surface area contributed by atoms with E-state index in [1.165, 1.54) is 119 Å². The Kier molecular flexibility index (Phi) is 10.4. The minimum absolute atomic E-state index is 0.0163. The minimum atomic E-state index is -0.0532. The number of benzene rings is 8. The van der Waals surface area contributed by atoms with Gasteiger partial charge in [-0.2, -0.15) is 0 Å².